The molecule has 11 heteroatoms. The van der Waals surface area contributed by atoms with Crippen LogP contribution in [0.25, 0.3) is 6.08 Å². The molecule has 0 unspecified atom stereocenters. The fourth-order valence-corrected chi connectivity index (χ4v) is 4.18. The summed E-state index contributed by atoms with van der Waals surface area (Å²) in [5, 5.41) is 13.2. The number of rotatable bonds is 8. The molecule has 1 N–H and O–H groups in total. The van der Waals surface area contributed by atoms with Gasteiger partial charge in [0.2, 0.25) is 5.91 Å². The first-order valence-electron chi connectivity index (χ1n) is 9.79. The molecule has 2 aromatic rings. The molecule has 1 aliphatic rings. The summed E-state index contributed by atoms with van der Waals surface area (Å²) >= 11 is 6.53. The molecular formula is C22H20ClN3O6S. The fraction of sp³-hybridized carbons (Fsp3) is 0.227. The number of carbonyl (C=O) groups is 3. The molecule has 0 aliphatic carbocycles. The summed E-state index contributed by atoms with van der Waals surface area (Å²) in [6, 6.07) is 9.59. The Morgan fingerprint density at radius 1 is 1.27 bits per heavy atom. The van der Waals surface area contributed by atoms with E-state index in [1.807, 2.05) is 19.1 Å². The van der Waals surface area contributed by atoms with Crippen molar-refractivity contribution in [2.45, 2.75) is 13.3 Å². The lowest BCUT2D eigenvalue weighted by atomic mass is 10.1. The van der Waals surface area contributed by atoms with Gasteiger partial charge in [0.15, 0.2) is 0 Å². The smallest absolute Gasteiger partial charge is 0.293 e. The third-order valence-corrected chi connectivity index (χ3v) is 6.06. The highest BCUT2D eigenvalue weighted by Gasteiger charge is 2.34. The molecule has 0 spiro atoms. The van der Waals surface area contributed by atoms with Gasteiger partial charge in [-0.25, -0.2) is 0 Å². The minimum Gasteiger partial charge on any atom is -0.496 e. The van der Waals surface area contributed by atoms with Gasteiger partial charge in [0.25, 0.3) is 16.8 Å². The van der Waals surface area contributed by atoms with Crippen molar-refractivity contribution in [2.75, 3.05) is 20.2 Å². The number of aryl methyl sites for hydroxylation is 1. The Kier molecular flexibility index (Phi) is 7.72. The Morgan fingerprint density at radius 3 is 2.73 bits per heavy atom. The van der Waals surface area contributed by atoms with Crippen LogP contribution in [0.15, 0.2) is 41.3 Å². The molecular weight excluding hydrogens is 470 g/mol. The standard InChI is InChI=1S/C22H20ClN3O6S/c1-13-3-4-15(10-18(13)32-2)12-20(27)24-7-8-25-21(28)19(33-22(25)29)11-14-5-6-16(23)17(9-14)26(30)31/h3-6,9-11H,7-8,12H2,1-2H3,(H,24,27)/b19-11-. The number of amides is 3. The number of benzene rings is 2. The van der Waals surface area contributed by atoms with Crippen LogP contribution in [-0.2, 0) is 16.0 Å². The molecule has 1 saturated heterocycles. The van der Waals surface area contributed by atoms with E-state index in [1.165, 1.54) is 24.3 Å². The molecule has 1 aliphatic heterocycles. The number of imide groups is 1. The van der Waals surface area contributed by atoms with Gasteiger partial charge in [0.05, 0.1) is 23.4 Å². The van der Waals surface area contributed by atoms with Gasteiger partial charge < -0.3 is 10.1 Å². The summed E-state index contributed by atoms with van der Waals surface area (Å²) in [7, 11) is 1.56. The number of hydrogen-bond donors (Lipinski definition) is 1. The van der Waals surface area contributed by atoms with E-state index in [4.69, 9.17) is 16.3 Å². The van der Waals surface area contributed by atoms with E-state index in [-0.39, 0.29) is 41.0 Å². The Labute approximate surface area is 198 Å². The number of nitro groups is 1. The average molecular weight is 490 g/mol. The summed E-state index contributed by atoms with van der Waals surface area (Å²) < 4.78 is 5.26. The first-order chi connectivity index (χ1) is 15.7. The van der Waals surface area contributed by atoms with Crippen molar-refractivity contribution in [2.24, 2.45) is 0 Å². The third kappa shape index (κ3) is 5.91. The minimum atomic E-state index is -0.624. The third-order valence-electron chi connectivity index (χ3n) is 4.83. The van der Waals surface area contributed by atoms with Crippen molar-refractivity contribution < 1.29 is 24.0 Å². The number of nitrogens with one attached hydrogen (secondary N) is 1. The highest BCUT2D eigenvalue weighted by atomic mass is 35.5. The van der Waals surface area contributed by atoms with Crippen LogP contribution in [0, 0.1) is 17.0 Å². The highest BCUT2D eigenvalue weighted by Crippen LogP contribution is 2.33. The minimum absolute atomic E-state index is 0.00569. The second-order valence-corrected chi connectivity index (χ2v) is 8.53. The van der Waals surface area contributed by atoms with Gasteiger partial charge in [0, 0.05) is 19.2 Å². The second kappa shape index (κ2) is 10.5. The van der Waals surface area contributed by atoms with Crippen LogP contribution in [0.4, 0.5) is 10.5 Å². The first kappa shape index (κ1) is 24.3. The maximum atomic E-state index is 12.6. The van der Waals surface area contributed by atoms with Crippen LogP contribution in [0.3, 0.4) is 0 Å². The van der Waals surface area contributed by atoms with Gasteiger partial charge in [-0.3, -0.25) is 29.4 Å². The lowest BCUT2D eigenvalue weighted by molar-refractivity contribution is -0.384. The molecule has 3 amide bonds. The summed E-state index contributed by atoms with van der Waals surface area (Å²) in [5.41, 5.74) is 1.82. The van der Waals surface area contributed by atoms with Gasteiger partial charge >= 0.3 is 0 Å². The largest absolute Gasteiger partial charge is 0.496 e. The zero-order valence-corrected chi connectivity index (χ0v) is 19.4. The van der Waals surface area contributed by atoms with E-state index < -0.39 is 16.1 Å². The number of nitro benzene ring substituents is 1. The van der Waals surface area contributed by atoms with Gasteiger partial charge in [-0.15, -0.1) is 0 Å². The molecule has 1 heterocycles. The maximum absolute atomic E-state index is 12.6. The van der Waals surface area contributed by atoms with Crippen molar-refractivity contribution in [3.63, 3.8) is 0 Å². The van der Waals surface area contributed by atoms with Crippen LogP contribution >= 0.6 is 23.4 Å². The lowest BCUT2D eigenvalue weighted by Gasteiger charge is -2.13. The van der Waals surface area contributed by atoms with E-state index in [0.717, 1.165) is 27.8 Å². The molecule has 0 aromatic heterocycles. The molecule has 9 nitrogen and oxygen atoms in total. The van der Waals surface area contributed by atoms with Crippen molar-refractivity contribution >= 4 is 52.2 Å². The predicted molar refractivity (Wildman–Crippen MR) is 125 cm³/mol. The Morgan fingerprint density at radius 2 is 2.03 bits per heavy atom. The number of nitrogens with zero attached hydrogens (tertiary/aromatic N) is 2. The van der Waals surface area contributed by atoms with Crippen LogP contribution in [-0.4, -0.2) is 47.1 Å². The van der Waals surface area contributed by atoms with Crippen molar-refractivity contribution in [3.05, 3.63) is 73.1 Å². The van der Waals surface area contributed by atoms with Crippen molar-refractivity contribution in [3.8, 4) is 5.75 Å². The number of methoxy groups -OCH3 is 1. The van der Waals surface area contributed by atoms with Gasteiger partial charge in [0.1, 0.15) is 10.8 Å². The molecule has 3 rings (SSSR count). The Balaban J connectivity index is 1.58. The molecule has 2 aromatic carbocycles. The molecule has 1 fully saturated rings. The predicted octanol–water partition coefficient (Wildman–Crippen LogP) is 3.96. The van der Waals surface area contributed by atoms with E-state index >= 15 is 0 Å². The summed E-state index contributed by atoms with van der Waals surface area (Å²) in [6.45, 7) is 2.01. The highest BCUT2D eigenvalue weighted by molar-refractivity contribution is 8.18. The van der Waals surface area contributed by atoms with Crippen molar-refractivity contribution in [1.82, 2.24) is 10.2 Å². The number of halogens is 1. The molecule has 172 valence electrons. The molecule has 0 radical (unpaired) electrons. The summed E-state index contributed by atoms with van der Waals surface area (Å²) in [5.74, 6) is -0.0899. The van der Waals surface area contributed by atoms with E-state index in [2.05, 4.69) is 5.32 Å². The zero-order chi connectivity index (χ0) is 24.1. The molecule has 0 saturated carbocycles. The summed E-state index contributed by atoms with van der Waals surface area (Å²) in [4.78, 5) is 48.7. The Hall–Kier alpha value is -3.37. The van der Waals surface area contributed by atoms with Crippen LogP contribution in [0.5, 0.6) is 5.75 Å². The Bertz CT molecular complexity index is 1170. The van der Waals surface area contributed by atoms with E-state index in [1.54, 1.807) is 13.2 Å². The fourth-order valence-electron chi connectivity index (χ4n) is 3.13. The monoisotopic (exact) mass is 489 g/mol. The van der Waals surface area contributed by atoms with Crippen LogP contribution < -0.4 is 10.1 Å². The molecule has 0 atom stereocenters. The van der Waals surface area contributed by atoms with Crippen LogP contribution in [0.2, 0.25) is 5.02 Å². The topological polar surface area (TPSA) is 119 Å². The summed E-state index contributed by atoms with van der Waals surface area (Å²) in [6.07, 6.45) is 1.53. The van der Waals surface area contributed by atoms with Gasteiger partial charge in [-0.2, -0.15) is 0 Å². The lowest BCUT2D eigenvalue weighted by Crippen LogP contribution is -2.37. The normalized spacial score (nSPS) is 14.6. The molecule has 33 heavy (non-hydrogen) atoms. The second-order valence-electron chi connectivity index (χ2n) is 7.13. The van der Waals surface area contributed by atoms with Crippen LogP contribution in [0.1, 0.15) is 16.7 Å². The quantitative estimate of drug-likeness (QED) is 0.338. The number of thioether (sulfide) groups is 1. The van der Waals surface area contributed by atoms with E-state index in [0.29, 0.717) is 11.3 Å². The maximum Gasteiger partial charge on any atom is 0.293 e. The number of hydrogen-bond acceptors (Lipinski definition) is 7. The van der Waals surface area contributed by atoms with E-state index in [9.17, 15) is 24.5 Å². The zero-order valence-electron chi connectivity index (χ0n) is 17.8. The van der Waals surface area contributed by atoms with Gasteiger partial charge in [-0.1, -0.05) is 29.8 Å². The van der Waals surface area contributed by atoms with Crippen molar-refractivity contribution in [1.29, 1.82) is 0 Å². The average Bonchev–Trinajstić information content (AvgIpc) is 3.03. The number of ether oxygens (including phenoxy) is 1. The van der Waals surface area contributed by atoms with Gasteiger partial charge in [-0.05, 0) is 53.6 Å². The molecule has 0 bridgehead atoms. The SMILES string of the molecule is COc1cc(CC(=O)NCCN2C(=O)S/C(=C\c3ccc(Cl)c([N+](=O)[O-])c3)C2=O)ccc1C. The number of carbonyl (C=O) groups excluding carboxylic acids is 3. The first-order valence-corrected chi connectivity index (χ1v) is 11.0.